The predicted molar refractivity (Wildman–Crippen MR) is 127 cm³/mol. The first-order valence-electron chi connectivity index (χ1n) is 11.2. The van der Waals surface area contributed by atoms with Crippen molar-refractivity contribution in [3.8, 4) is 5.69 Å². The third-order valence-corrected chi connectivity index (χ3v) is 6.49. The van der Waals surface area contributed by atoms with Crippen molar-refractivity contribution in [2.24, 2.45) is 0 Å². The van der Waals surface area contributed by atoms with E-state index >= 15 is 0 Å². The maximum Gasteiger partial charge on any atom is 0.296 e. The summed E-state index contributed by atoms with van der Waals surface area (Å²) in [5, 5.41) is 9.50. The lowest BCUT2D eigenvalue weighted by molar-refractivity contribution is -0.138. The van der Waals surface area contributed by atoms with Crippen LogP contribution in [0.5, 0.6) is 0 Å². The van der Waals surface area contributed by atoms with Crippen LogP contribution < -0.4 is 10.6 Å². The van der Waals surface area contributed by atoms with Crippen LogP contribution in [0.4, 0.5) is 5.69 Å². The number of amides is 3. The van der Waals surface area contributed by atoms with Gasteiger partial charge in [-0.3, -0.25) is 24.5 Å². The average molecular weight is 459 g/mol. The van der Waals surface area contributed by atoms with E-state index in [1.165, 1.54) is 0 Å². The number of anilines is 1. The topological polar surface area (TPSA) is 110 Å². The lowest BCUT2D eigenvalue weighted by Gasteiger charge is -2.35. The van der Waals surface area contributed by atoms with Crippen LogP contribution in [0.25, 0.3) is 5.69 Å². The first-order valence-corrected chi connectivity index (χ1v) is 11.2. The minimum Gasteiger partial charge on any atom is -0.319 e. The molecule has 0 aliphatic carbocycles. The smallest absolute Gasteiger partial charge is 0.296 e. The number of aryl methyl sites for hydroxylation is 1. The Labute approximate surface area is 197 Å². The van der Waals surface area contributed by atoms with E-state index in [0.717, 1.165) is 11.3 Å². The van der Waals surface area contributed by atoms with Crippen molar-refractivity contribution in [3.63, 3.8) is 0 Å². The second-order valence-corrected chi connectivity index (χ2v) is 8.47. The number of carbonyl (C=O) groups excluding carboxylic acids is 4. The van der Waals surface area contributed by atoms with Crippen molar-refractivity contribution in [1.82, 2.24) is 15.1 Å². The number of piperidine rings is 1. The molecule has 2 N–H and O–H groups in total. The van der Waals surface area contributed by atoms with Crippen molar-refractivity contribution in [1.29, 1.82) is 0 Å². The summed E-state index contributed by atoms with van der Waals surface area (Å²) in [7, 11) is 0. The lowest BCUT2D eigenvalue weighted by atomic mass is 9.72. The molecule has 34 heavy (non-hydrogen) atoms. The van der Waals surface area contributed by atoms with Crippen LogP contribution in [-0.2, 0) is 19.8 Å². The summed E-state index contributed by atoms with van der Waals surface area (Å²) in [5.74, 6) is -2.01. The summed E-state index contributed by atoms with van der Waals surface area (Å²) in [5.41, 5.74) is 2.54. The van der Waals surface area contributed by atoms with Gasteiger partial charge in [0.15, 0.2) is 0 Å². The number of hydrogen-bond acceptors (Lipinski definition) is 5. The number of aromatic nitrogens is 2. The van der Waals surface area contributed by atoms with Gasteiger partial charge in [0.2, 0.25) is 11.8 Å². The van der Waals surface area contributed by atoms with Crippen molar-refractivity contribution in [2.75, 3.05) is 5.32 Å². The number of Topliss-reactive ketones (excluding diaryl/α,β-unsaturated/α-hetero) is 1. The van der Waals surface area contributed by atoms with Gasteiger partial charge in [-0.2, -0.15) is 5.10 Å². The molecule has 174 valence electrons. The van der Waals surface area contributed by atoms with E-state index in [0.29, 0.717) is 29.9 Å². The molecule has 3 aromatic rings. The minimum absolute atomic E-state index is 0.266. The monoisotopic (exact) mass is 458 g/mol. The molecule has 0 spiro atoms. The van der Waals surface area contributed by atoms with E-state index in [-0.39, 0.29) is 23.8 Å². The molecule has 1 fully saturated rings. The quantitative estimate of drug-likeness (QED) is 0.334. The molecular formula is C26H26N4O4. The molecule has 1 unspecified atom stereocenters. The standard InChI is InChI=1S/C26H26N4O4/c1-4-26(15-14-21(31)28-25(26)34)18-10-12-19(13-11-18)27-24(33)23(32)22-16(2)29-30(17(22)3)20-8-6-5-7-9-20/h5-13H,4,14-15H2,1-3H3,(H,27,33)(H,28,31,34). The van der Waals surface area contributed by atoms with Gasteiger partial charge in [0.25, 0.3) is 11.7 Å². The fourth-order valence-electron chi connectivity index (χ4n) is 4.53. The Kier molecular flexibility index (Phi) is 6.15. The van der Waals surface area contributed by atoms with E-state index in [1.54, 1.807) is 42.8 Å². The minimum atomic E-state index is -0.785. The number of rotatable bonds is 6. The zero-order valence-electron chi connectivity index (χ0n) is 19.3. The fourth-order valence-corrected chi connectivity index (χ4v) is 4.53. The van der Waals surface area contributed by atoms with E-state index in [9.17, 15) is 19.2 Å². The highest BCUT2D eigenvalue weighted by molar-refractivity contribution is 6.47. The van der Waals surface area contributed by atoms with E-state index < -0.39 is 17.1 Å². The van der Waals surface area contributed by atoms with Crippen LogP contribution in [0.2, 0.25) is 0 Å². The Morgan fingerprint density at radius 1 is 1.06 bits per heavy atom. The molecular weight excluding hydrogens is 432 g/mol. The van der Waals surface area contributed by atoms with Crippen LogP contribution in [-0.4, -0.2) is 33.3 Å². The Bertz CT molecular complexity index is 1280. The van der Waals surface area contributed by atoms with Gasteiger partial charge in [-0.15, -0.1) is 0 Å². The third kappa shape index (κ3) is 4.03. The molecule has 8 nitrogen and oxygen atoms in total. The number of nitrogens with one attached hydrogen (secondary N) is 2. The van der Waals surface area contributed by atoms with E-state index in [1.807, 2.05) is 37.3 Å². The lowest BCUT2D eigenvalue weighted by Crippen LogP contribution is -2.51. The Morgan fingerprint density at radius 3 is 2.35 bits per heavy atom. The summed E-state index contributed by atoms with van der Waals surface area (Å²) >= 11 is 0. The molecule has 1 aliphatic heterocycles. The Hall–Kier alpha value is -4.07. The fraction of sp³-hybridized carbons (Fsp3) is 0.269. The molecule has 1 saturated heterocycles. The van der Waals surface area contributed by atoms with Gasteiger partial charge in [0, 0.05) is 12.1 Å². The highest BCUT2D eigenvalue weighted by atomic mass is 16.2. The van der Waals surface area contributed by atoms with Crippen LogP contribution in [0.3, 0.4) is 0 Å². The van der Waals surface area contributed by atoms with Crippen LogP contribution in [0, 0.1) is 13.8 Å². The summed E-state index contributed by atoms with van der Waals surface area (Å²) in [6, 6.07) is 16.2. The summed E-state index contributed by atoms with van der Waals surface area (Å²) in [6.07, 6.45) is 1.25. The van der Waals surface area contributed by atoms with Gasteiger partial charge >= 0.3 is 0 Å². The van der Waals surface area contributed by atoms with Crippen molar-refractivity contribution >= 4 is 29.2 Å². The van der Waals surface area contributed by atoms with E-state index in [2.05, 4.69) is 15.7 Å². The zero-order valence-corrected chi connectivity index (χ0v) is 19.3. The highest BCUT2D eigenvalue weighted by Gasteiger charge is 2.42. The SMILES string of the molecule is CCC1(c2ccc(NC(=O)C(=O)c3c(C)nn(-c4ccccc4)c3C)cc2)CCC(=O)NC1=O. The molecule has 3 amide bonds. The maximum atomic E-state index is 13.0. The van der Waals surface area contributed by atoms with Gasteiger partial charge in [0.1, 0.15) is 0 Å². The molecule has 0 saturated carbocycles. The predicted octanol–water partition coefficient (Wildman–Crippen LogP) is 3.39. The zero-order chi connectivity index (χ0) is 24.5. The van der Waals surface area contributed by atoms with Crippen molar-refractivity contribution in [2.45, 2.75) is 45.4 Å². The second-order valence-electron chi connectivity index (χ2n) is 8.47. The number of hydrogen-bond donors (Lipinski definition) is 2. The van der Waals surface area contributed by atoms with Gasteiger partial charge in [-0.05, 0) is 56.5 Å². The molecule has 0 radical (unpaired) electrons. The Morgan fingerprint density at radius 2 is 1.74 bits per heavy atom. The number of benzene rings is 2. The Balaban J connectivity index is 1.53. The highest BCUT2D eigenvalue weighted by Crippen LogP contribution is 2.36. The average Bonchev–Trinajstić information content (AvgIpc) is 3.14. The van der Waals surface area contributed by atoms with Crippen molar-refractivity contribution in [3.05, 3.63) is 77.1 Å². The van der Waals surface area contributed by atoms with Gasteiger partial charge < -0.3 is 5.32 Å². The summed E-state index contributed by atoms with van der Waals surface area (Å²) in [6.45, 7) is 5.36. The van der Waals surface area contributed by atoms with Gasteiger partial charge in [0.05, 0.1) is 28.1 Å². The number of carbonyl (C=O) groups is 4. The molecule has 1 aromatic heterocycles. The first-order chi connectivity index (χ1) is 16.3. The molecule has 1 atom stereocenters. The van der Waals surface area contributed by atoms with E-state index in [4.69, 9.17) is 0 Å². The largest absolute Gasteiger partial charge is 0.319 e. The number of nitrogens with zero attached hydrogens (tertiary/aromatic N) is 2. The number of imide groups is 1. The summed E-state index contributed by atoms with van der Waals surface area (Å²) in [4.78, 5) is 49.9. The summed E-state index contributed by atoms with van der Waals surface area (Å²) < 4.78 is 1.65. The number of ketones is 1. The third-order valence-electron chi connectivity index (χ3n) is 6.49. The molecule has 4 rings (SSSR count). The molecule has 2 heterocycles. The number of para-hydroxylation sites is 1. The first kappa shape index (κ1) is 23.1. The van der Waals surface area contributed by atoms with Crippen LogP contribution in [0.15, 0.2) is 54.6 Å². The molecule has 8 heteroatoms. The van der Waals surface area contributed by atoms with Gasteiger partial charge in [-0.25, -0.2) is 4.68 Å². The van der Waals surface area contributed by atoms with Crippen LogP contribution >= 0.6 is 0 Å². The second kappa shape index (κ2) is 9.05. The molecule has 2 aromatic carbocycles. The van der Waals surface area contributed by atoms with Crippen molar-refractivity contribution < 1.29 is 19.2 Å². The van der Waals surface area contributed by atoms with Gasteiger partial charge in [-0.1, -0.05) is 37.3 Å². The molecule has 1 aliphatic rings. The maximum absolute atomic E-state index is 13.0. The molecule has 0 bridgehead atoms. The normalized spacial score (nSPS) is 17.9. The van der Waals surface area contributed by atoms with Crippen LogP contribution in [0.1, 0.15) is 53.5 Å².